The smallest absolute Gasteiger partial charge is 0.131 e. The second-order valence-electron chi connectivity index (χ2n) is 7.54. The Hall–Kier alpha value is -2.36. The van der Waals surface area contributed by atoms with E-state index in [0.717, 1.165) is 43.0 Å². The molecular formula is C23H25FN4S. The minimum absolute atomic E-state index is 0.135. The quantitative estimate of drug-likeness (QED) is 0.727. The summed E-state index contributed by atoms with van der Waals surface area (Å²) < 4.78 is 17.0. The van der Waals surface area contributed by atoms with E-state index in [1.54, 1.807) is 12.3 Å². The fraction of sp³-hybridized carbons (Fsp3) is 0.391. The van der Waals surface area contributed by atoms with Crippen molar-refractivity contribution in [3.8, 4) is 6.07 Å². The highest BCUT2D eigenvalue weighted by Gasteiger charge is 2.29. The van der Waals surface area contributed by atoms with Crippen LogP contribution < -0.4 is 5.32 Å². The van der Waals surface area contributed by atoms with E-state index >= 15 is 0 Å². The lowest BCUT2D eigenvalue weighted by Crippen LogP contribution is -2.42. The summed E-state index contributed by atoms with van der Waals surface area (Å²) in [6.07, 6.45) is 12.1. The summed E-state index contributed by atoms with van der Waals surface area (Å²) in [5.41, 5.74) is 2.85. The Labute approximate surface area is 176 Å². The number of hydrogen-bond acceptors (Lipinski definition) is 5. The van der Waals surface area contributed by atoms with E-state index in [0.29, 0.717) is 17.2 Å². The van der Waals surface area contributed by atoms with Gasteiger partial charge in [-0.15, -0.1) is 0 Å². The van der Waals surface area contributed by atoms with E-state index in [9.17, 15) is 9.65 Å². The third kappa shape index (κ3) is 4.47. The normalized spacial score (nSPS) is 24.4. The Bertz CT molecular complexity index is 919. The molecule has 0 bridgehead atoms. The van der Waals surface area contributed by atoms with Crippen molar-refractivity contribution in [1.29, 1.82) is 5.26 Å². The van der Waals surface area contributed by atoms with Crippen molar-refractivity contribution >= 4 is 23.7 Å². The van der Waals surface area contributed by atoms with Gasteiger partial charge in [-0.2, -0.15) is 5.26 Å². The van der Waals surface area contributed by atoms with Gasteiger partial charge in [0.15, 0.2) is 0 Å². The summed E-state index contributed by atoms with van der Waals surface area (Å²) >= 11 is 1.90. The molecule has 0 spiro atoms. The summed E-state index contributed by atoms with van der Waals surface area (Å²) in [4.78, 5) is 4.34. The largest absolute Gasteiger partial charge is 0.385 e. The number of benzene rings is 1. The van der Waals surface area contributed by atoms with Crippen LogP contribution in [0.15, 0.2) is 53.3 Å². The van der Waals surface area contributed by atoms with Crippen LogP contribution in [-0.4, -0.2) is 35.4 Å². The first-order valence-corrected chi connectivity index (χ1v) is 11.1. The highest BCUT2D eigenvalue weighted by atomic mass is 32.2. The first kappa shape index (κ1) is 19.9. The number of nitrogens with zero attached hydrogens (tertiary/aromatic N) is 3. The van der Waals surface area contributed by atoms with Crippen molar-refractivity contribution in [2.45, 2.75) is 25.8 Å². The third-order valence-corrected chi connectivity index (χ3v) is 6.63. The molecule has 0 aromatic heterocycles. The van der Waals surface area contributed by atoms with Gasteiger partial charge in [0.1, 0.15) is 5.82 Å². The number of nitrogens with one attached hydrogen (secondary N) is 1. The van der Waals surface area contributed by atoms with Crippen LogP contribution in [0.4, 0.5) is 4.39 Å². The van der Waals surface area contributed by atoms with E-state index in [1.807, 2.05) is 24.2 Å². The monoisotopic (exact) mass is 408 g/mol. The Morgan fingerprint density at radius 2 is 2.17 bits per heavy atom. The van der Waals surface area contributed by atoms with E-state index in [-0.39, 0.29) is 17.7 Å². The fourth-order valence-electron chi connectivity index (χ4n) is 4.15. The van der Waals surface area contributed by atoms with Gasteiger partial charge in [-0.1, -0.05) is 31.0 Å². The molecule has 1 aromatic carbocycles. The fourth-order valence-corrected chi connectivity index (χ4v) is 4.98. The minimum atomic E-state index is -0.303. The Kier molecular flexibility index (Phi) is 6.17. The number of hydrogen-bond donors (Lipinski definition) is 1. The second kappa shape index (κ2) is 8.98. The van der Waals surface area contributed by atoms with E-state index in [4.69, 9.17) is 0 Å². The lowest BCUT2D eigenvalue weighted by atomic mass is 9.80. The average molecular weight is 409 g/mol. The molecule has 2 aliphatic heterocycles. The molecule has 1 fully saturated rings. The van der Waals surface area contributed by atoms with E-state index in [1.165, 1.54) is 12.1 Å². The van der Waals surface area contributed by atoms with E-state index in [2.05, 4.69) is 39.8 Å². The first-order valence-electron chi connectivity index (χ1n) is 10.2. The molecule has 0 amide bonds. The molecule has 1 aliphatic carbocycles. The number of piperidine rings is 1. The Balaban J connectivity index is 1.59. The average Bonchev–Trinajstić information content (AvgIpc) is 2.75. The summed E-state index contributed by atoms with van der Waals surface area (Å²) in [6.45, 7) is 4.34. The van der Waals surface area contributed by atoms with Gasteiger partial charge >= 0.3 is 0 Å². The lowest BCUT2D eigenvalue weighted by molar-refractivity contribution is 0.315. The SMILES string of the molecule is CCSN1CCC(NC2=CC(c3cc(C#N)ccc3F)=CC3C=CN=CC23)CC1. The highest BCUT2D eigenvalue weighted by molar-refractivity contribution is 7.96. The molecule has 1 N–H and O–H groups in total. The zero-order valence-corrected chi connectivity index (χ0v) is 17.3. The topological polar surface area (TPSA) is 51.4 Å². The van der Waals surface area contributed by atoms with Gasteiger partial charge in [0.25, 0.3) is 0 Å². The van der Waals surface area contributed by atoms with Gasteiger partial charge in [0, 0.05) is 60.4 Å². The third-order valence-electron chi connectivity index (χ3n) is 5.64. The predicted molar refractivity (Wildman–Crippen MR) is 118 cm³/mol. The van der Waals surface area contributed by atoms with Crippen molar-refractivity contribution in [1.82, 2.24) is 9.62 Å². The minimum Gasteiger partial charge on any atom is -0.385 e. The van der Waals surface area contributed by atoms with Gasteiger partial charge in [-0.05, 0) is 42.7 Å². The first-order chi connectivity index (χ1) is 14.2. The summed E-state index contributed by atoms with van der Waals surface area (Å²) in [5.74, 6) is 1.09. The number of fused-ring (bicyclic) bond motifs is 1. The lowest BCUT2D eigenvalue weighted by Gasteiger charge is -2.36. The van der Waals surface area contributed by atoms with Crippen LogP contribution in [0.2, 0.25) is 0 Å². The number of nitriles is 1. The van der Waals surface area contributed by atoms with Crippen molar-refractivity contribution in [2.75, 3.05) is 18.8 Å². The summed E-state index contributed by atoms with van der Waals surface area (Å²) in [5, 5.41) is 13.0. The van der Waals surface area contributed by atoms with Crippen LogP contribution in [0.25, 0.3) is 5.57 Å². The van der Waals surface area contributed by atoms with Crippen LogP contribution in [-0.2, 0) is 0 Å². The molecule has 0 saturated carbocycles. The molecule has 150 valence electrons. The summed E-state index contributed by atoms with van der Waals surface area (Å²) in [6, 6.07) is 7.04. The van der Waals surface area contributed by atoms with Crippen molar-refractivity contribution < 1.29 is 4.39 Å². The summed E-state index contributed by atoms with van der Waals surface area (Å²) in [7, 11) is 0. The maximum Gasteiger partial charge on any atom is 0.131 e. The molecule has 29 heavy (non-hydrogen) atoms. The van der Waals surface area contributed by atoms with Gasteiger partial charge < -0.3 is 5.32 Å². The number of halogens is 1. The molecule has 2 atom stereocenters. The molecule has 4 nitrogen and oxygen atoms in total. The van der Waals surface area contributed by atoms with Crippen LogP contribution in [0.1, 0.15) is 30.9 Å². The second-order valence-corrected chi connectivity index (χ2v) is 8.89. The number of allylic oxidation sites excluding steroid dienone is 5. The van der Waals surface area contributed by atoms with Crippen LogP contribution in [0.5, 0.6) is 0 Å². The van der Waals surface area contributed by atoms with Crippen LogP contribution in [0.3, 0.4) is 0 Å². The molecule has 4 rings (SSSR count). The zero-order valence-electron chi connectivity index (χ0n) is 16.5. The maximum atomic E-state index is 14.6. The Morgan fingerprint density at radius 3 is 2.93 bits per heavy atom. The standard InChI is InChI=1S/C23H25FN4S/c1-2-29-28-9-6-19(7-10-28)27-23-13-18(12-17-5-8-26-15-21(17)23)20-11-16(14-25)3-4-22(20)24/h3-5,8,11-13,15,17,19,21,27H,2,6-7,9-10H2,1H3. The van der Waals surface area contributed by atoms with Crippen LogP contribution >= 0.6 is 11.9 Å². The van der Waals surface area contributed by atoms with Gasteiger partial charge in [0.05, 0.1) is 11.6 Å². The van der Waals surface area contributed by atoms with Crippen LogP contribution in [0, 0.1) is 29.0 Å². The predicted octanol–water partition coefficient (Wildman–Crippen LogP) is 4.53. The maximum absolute atomic E-state index is 14.6. The molecule has 6 heteroatoms. The molecular weight excluding hydrogens is 383 g/mol. The number of aliphatic imine (C=N–C) groups is 1. The van der Waals surface area contributed by atoms with Crippen molar-refractivity contribution in [2.24, 2.45) is 16.8 Å². The van der Waals surface area contributed by atoms with E-state index < -0.39 is 0 Å². The molecule has 3 aliphatic rings. The molecule has 2 unspecified atom stereocenters. The van der Waals surface area contributed by atoms with Gasteiger partial charge in [-0.3, -0.25) is 9.30 Å². The zero-order chi connectivity index (χ0) is 20.2. The molecule has 2 heterocycles. The Morgan fingerprint density at radius 1 is 1.34 bits per heavy atom. The van der Waals surface area contributed by atoms with Gasteiger partial charge in [0.2, 0.25) is 0 Å². The highest BCUT2D eigenvalue weighted by Crippen LogP contribution is 2.35. The van der Waals surface area contributed by atoms with Gasteiger partial charge in [-0.25, -0.2) is 4.39 Å². The van der Waals surface area contributed by atoms with Crippen molar-refractivity contribution in [3.63, 3.8) is 0 Å². The molecule has 1 aromatic rings. The number of rotatable bonds is 5. The van der Waals surface area contributed by atoms with Crippen molar-refractivity contribution in [3.05, 3.63) is 65.3 Å². The molecule has 0 radical (unpaired) electrons. The molecule has 1 saturated heterocycles.